The minimum atomic E-state index is -0.906. The van der Waals surface area contributed by atoms with E-state index in [0.717, 1.165) is 19.3 Å². The fourth-order valence-electron chi connectivity index (χ4n) is 4.72. The molecule has 1 aromatic heterocycles. The monoisotopic (exact) mass is 454 g/mol. The van der Waals surface area contributed by atoms with Gasteiger partial charge in [-0.1, -0.05) is 12.8 Å². The molecule has 33 heavy (non-hydrogen) atoms. The molecular weight excluding hydrogens is 427 g/mol. The Labute approximate surface area is 191 Å². The molecule has 0 spiro atoms. The number of hydrogen-bond donors (Lipinski definition) is 3. The first kappa shape index (κ1) is 22.6. The number of amides is 2. The predicted molar refractivity (Wildman–Crippen MR) is 118 cm³/mol. The molecule has 10 heteroatoms. The van der Waals surface area contributed by atoms with Crippen molar-refractivity contribution in [1.82, 2.24) is 14.7 Å². The molecule has 174 valence electrons. The van der Waals surface area contributed by atoms with Crippen molar-refractivity contribution in [3.8, 4) is 6.07 Å². The van der Waals surface area contributed by atoms with Crippen LogP contribution >= 0.6 is 0 Å². The molecule has 2 fully saturated rings. The van der Waals surface area contributed by atoms with Crippen LogP contribution in [0.3, 0.4) is 0 Å². The number of carboxylic acid groups (broad SMARTS) is 1. The fourth-order valence-corrected chi connectivity index (χ4v) is 4.72. The van der Waals surface area contributed by atoms with Gasteiger partial charge in [-0.25, -0.2) is 9.18 Å². The molecule has 3 atom stereocenters. The summed E-state index contributed by atoms with van der Waals surface area (Å²) in [6.45, 7) is 0.407. The number of nitriles is 1. The number of primary amides is 1. The normalized spacial score (nSPS) is 21.3. The zero-order chi connectivity index (χ0) is 23.5. The molecule has 4 rings (SSSR count). The van der Waals surface area contributed by atoms with Gasteiger partial charge in [0.1, 0.15) is 11.4 Å². The second-order valence-corrected chi connectivity index (χ2v) is 8.89. The van der Waals surface area contributed by atoms with Gasteiger partial charge in [0.25, 0.3) is 5.91 Å². The van der Waals surface area contributed by atoms with Crippen molar-refractivity contribution < 1.29 is 19.1 Å². The molecule has 1 aromatic carbocycles. The number of hydrogen-bond acceptors (Lipinski definition) is 5. The van der Waals surface area contributed by atoms with Gasteiger partial charge in [0.05, 0.1) is 18.5 Å². The van der Waals surface area contributed by atoms with Crippen LogP contribution in [0, 0.1) is 29.0 Å². The van der Waals surface area contributed by atoms with Gasteiger partial charge in [-0.3, -0.25) is 9.48 Å². The highest BCUT2D eigenvalue weighted by atomic mass is 19.1. The van der Waals surface area contributed by atoms with E-state index in [1.807, 2.05) is 0 Å². The van der Waals surface area contributed by atoms with Crippen LogP contribution in [0.1, 0.15) is 54.9 Å². The van der Waals surface area contributed by atoms with Gasteiger partial charge in [-0.05, 0) is 55.4 Å². The number of carbonyl (C=O) groups is 2. The third kappa shape index (κ3) is 5.25. The van der Waals surface area contributed by atoms with Crippen molar-refractivity contribution in [3.63, 3.8) is 0 Å². The molecule has 9 nitrogen and oxygen atoms in total. The van der Waals surface area contributed by atoms with Gasteiger partial charge in [-0.15, -0.1) is 0 Å². The number of carbonyl (C=O) groups excluding carboxylic acids is 1. The summed E-state index contributed by atoms with van der Waals surface area (Å²) >= 11 is 0. The number of likely N-dealkylation sites (tertiary alicyclic amines) is 1. The average Bonchev–Trinajstić information content (AvgIpc) is 3.50. The van der Waals surface area contributed by atoms with Crippen LogP contribution in [0.4, 0.5) is 20.7 Å². The smallest absolute Gasteiger partial charge is 0.407 e. The molecule has 2 heterocycles. The zero-order valence-electron chi connectivity index (χ0n) is 18.2. The molecular formula is C23H27FN6O3. The lowest BCUT2D eigenvalue weighted by molar-refractivity contribution is 0.0694. The molecule has 1 saturated carbocycles. The first-order valence-corrected chi connectivity index (χ1v) is 11.1. The maximum atomic E-state index is 13.2. The van der Waals surface area contributed by atoms with Crippen LogP contribution in [0.25, 0.3) is 0 Å². The summed E-state index contributed by atoms with van der Waals surface area (Å²) < 4.78 is 14.8. The molecule has 4 N–H and O–H groups in total. The highest BCUT2D eigenvalue weighted by Gasteiger charge is 2.39. The Kier molecular flexibility index (Phi) is 6.49. The summed E-state index contributed by atoms with van der Waals surface area (Å²) in [5, 5.41) is 26.6. The molecule has 2 aromatic rings. The summed E-state index contributed by atoms with van der Waals surface area (Å²) in [4.78, 5) is 25.3. The van der Waals surface area contributed by atoms with Crippen LogP contribution in [0.5, 0.6) is 0 Å². The van der Waals surface area contributed by atoms with E-state index in [9.17, 15) is 24.3 Å². The summed E-state index contributed by atoms with van der Waals surface area (Å²) in [5.74, 6) is -0.224. The van der Waals surface area contributed by atoms with E-state index in [0.29, 0.717) is 31.0 Å². The highest BCUT2D eigenvalue weighted by Crippen LogP contribution is 2.41. The third-order valence-corrected chi connectivity index (χ3v) is 6.59. The van der Waals surface area contributed by atoms with E-state index in [1.54, 1.807) is 4.68 Å². The topological polar surface area (TPSA) is 137 Å². The Morgan fingerprint density at radius 1 is 1.30 bits per heavy atom. The van der Waals surface area contributed by atoms with Crippen LogP contribution in [0.15, 0.2) is 30.5 Å². The van der Waals surface area contributed by atoms with Crippen molar-refractivity contribution >= 4 is 23.5 Å². The number of benzene rings is 1. The molecule has 2 aliphatic rings. The molecule has 1 aliphatic heterocycles. The van der Waals surface area contributed by atoms with E-state index in [-0.39, 0.29) is 41.6 Å². The van der Waals surface area contributed by atoms with Crippen molar-refractivity contribution in [3.05, 3.63) is 41.8 Å². The van der Waals surface area contributed by atoms with E-state index < -0.39 is 12.0 Å². The van der Waals surface area contributed by atoms with Gasteiger partial charge in [0.2, 0.25) is 0 Å². The largest absolute Gasteiger partial charge is 0.465 e. The molecule has 1 aliphatic carbocycles. The number of nitrogens with two attached hydrogens (primary N) is 1. The van der Waals surface area contributed by atoms with E-state index in [1.165, 1.54) is 35.4 Å². The maximum Gasteiger partial charge on any atom is 0.407 e. The predicted octanol–water partition coefficient (Wildman–Crippen LogP) is 3.88. The zero-order valence-corrected chi connectivity index (χ0v) is 18.2. The SMILES string of the molecule is N#CCC(C1CCN(C(=O)O)C(CC2CC2)C1)n1cc(C(N)=O)c(Nc2ccc(F)cc2)n1. The minimum absolute atomic E-state index is 0.0308. The van der Waals surface area contributed by atoms with Gasteiger partial charge in [0.15, 0.2) is 5.82 Å². The number of rotatable bonds is 8. The third-order valence-electron chi connectivity index (χ3n) is 6.59. The van der Waals surface area contributed by atoms with Gasteiger partial charge in [-0.2, -0.15) is 10.4 Å². The van der Waals surface area contributed by atoms with E-state index >= 15 is 0 Å². The molecule has 0 radical (unpaired) electrons. The maximum absolute atomic E-state index is 13.2. The van der Waals surface area contributed by atoms with Crippen molar-refractivity contribution in [2.24, 2.45) is 17.6 Å². The summed E-state index contributed by atoms with van der Waals surface area (Å²) in [5.41, 5.74) is 6.27. The highest BCUT2D eigenvalue weighted by molar-refractivity contribution is 5.98. The lowest BCUT2D eigenvalue weighted by Gasteiger charge is -2.40. The molecule has 2 amide bonds. The number of nitrogens with zero attached hydrogens (tertiary/aromatic N) is 4. The second-order valence-electron chi connectivity index (χ2n) is 8.89. The lowest BCUT2D eigenvalue weighted by Crippen LogP contribution is -2.47. The second kappa shape index (κ2) is 9.48. The number of piperidine rings is 1. The number of nitrogens with one attached hydrogen (secondary N) is 1. The lowest BCUT2D eigenvalue weighted by atomic mass is 9.82. The quantitative estimate of drug-likeness (QED) is 0.553. The van der Waals surface area contributed by atoms with Crippen LogP contribution in [-0.4, -0.2) is 44.4 Å². The Bertz CT molecular complexity index is 1060. The van der Waals surface area contributed by atoms with E-state index in [4.69, 9.17) is 5.73 Å². The molecule has 1 saturated heterocycles. The Hall–Kier alpha value is -3.61. The number of aromatic nitrogens is 2. The Morgan fingerprint density at radius 2 is 2.03 bits per heavy atom. The van der Waals surface area contributed by atoms with Crippen molar-refractivity contribution in [2.75, 3.05) is 11.9 Å². The summed E-state index contributed by atoms with van der Waals surface area (Å²) in [7, 11) is 0. The molecule has 3 unspecified atom stereocenters. The van der Waals surface area contributed by atoms with E-state index in [2.05, 4.69) is 16.5 Å². The number of anilines is 2. The summed E-state index contributed by atoms with van der Waals surface area (Å²) in [6, 6.07) is 7.43. The van der Waals surface area contributed by atoms with Gasteiger partial charge >= 0.3 is 6.09 Å². The van der Waals surface area contributed by atoms with Gasteiger partial charge in [0, 0.05) is 24.5 Å². The Balaban J connectivity index is 1.59. The van der Waals surface area contributed by atoms with Crippen LogP contribution < -0.4 is 11.1 Å². The fraction of sp³-hybridized carbons (Fsp3) is 0.478. The first-order valence-electron chi connectivity index (χ1n) is 11.1. The summed E-state index contributed by atoms with van der Waals surface area (Å²) in [6.07, 6.45) is 5.15. The first-order chi connectivity index (χ1) is 15.9. The van der Waals surface area contributed by atoms with Gasteiger partial charge < -0.3 is 21.1 Å². The van der Waals surface area contributed by atoms with Crippen LogP contribution in [0.2, 0.25) is 0 Å². The standard InChI is InChI=1S/C23H27FN6O3/c24-16-3-5-17(6-4-16)27-22-19(21(26)31)13-30(28-22)20(7-9-25)15-8-10-29(23(32)33)18(12-15)11-14-1-2-14/h3-6,13-15,18,20H,1-2,7-8,10-12H2,(H2,26,31)(H,27,28)(H,32,33). The number of halogens is 1. The Morgan fingerprint density at radius 3 is 2.64 bits per heavy atom. The van der Waals surface area contributed by atoms with Crippen LogP contribution in [-0.2, 0) is 0 Å². The molecule has 0 bridgehead atoms. The van der Waals surface area contributed by atoms with Crippen molar-refractivity contribution in [1.29, 1.82) is 5.26 Å². The minimum Gasteiger partial charge on any atom is -0.465 e. The van der Waals surface area contributed by atoms with Crippen molar-refractivity contribution in [2.45, 2.75) is 50.6 Å². The average molecular weight is 455 g/mol.